The van der Waals surface area contributed by atoms with Gasteiger partial charge in [0.1, 0.15) is 6.33 Å². The SMILES string of the molecule is FC(F)(F)Sc1c2ccccc2cc2c(-c3cc4ccccc4s3)ncnc12. The highest BCUT2D eigenvalue weighted by molar-refractivity contribution is 8.00. The summed E-state index contributed by atoms with van der Waals surface area (Å²) in [4.78, 5) is 9.68. The zero-order valence-corrected chi connectivity index (χ0v) is 15.8. The molecule has 5 aromatic rings. The zero-order chi connectivity index (χ0) is 19.3. The summed E-state index contributed by atoms with van der Waals surface area (Å²) >= 11 is 1.45. The fourth-order valence-electron chi connectivity index (χ4n) is 3.34. The second kappa shape index (κ2) is 6.46. The van der Waals surface area contributed by atoms with E-state index < -0.39 is 5.51 Å². The summed E-state index contributed by atoms with van der Waals surface area (Å²) < 4.78 is 41.0. The van der Waals surface area contributed by atoms with Gasteiger partial charge >= 0.3 is 5.51 Å². The molecule has 0 fully saturated rings. The van der Waals surface area contributed by atoms with Gasteiger partial charge in [0.05, 0.1) is 21.0 Å². The molecular weight excluding hydrogens is 401 g/mol. The molecule has 0 spiro atoms. The molecule has 0 aliphatic rings. The molecule has 5 rings (SSSR count). The molecule has 3 aromatic carbocycles. The number of aromatic nitrogens is 2. The maximum Gasteiger partial charge on any atom is 0.446 e. The largest absolute Gasteiger partial charge is 0.446 e. The van der Waals surface area contributed by atoms with Crippen LogP contribution in [0.2, 0.25) is 0 Å². The zero-order valence-electron chi connectivity index (χ0n) is 14.2. The molecule has 0 amide bonds. The lowest BCUT2D eigenvalue weighted by Gasteiger charge is -2.13. The van der Waals surface area contributed by atoms with E-state index in [1.54, 1.807) is 23.5 Å². The highest BCUT2D eigenvalue weighted by Crippen LogP contribution is 2.45. The summed E-state index contributed by atoms with van der Waals surface area (Å²) in [5.74, 6) is 0. The third-order valence-corrected chi connectivity index (χ3v) is 6.45. The van der Waals surface area contributed by atoms with E-state index >= 15 is 0 Å². The Bertz CT molecular complexity index is 1310. The number of alkyl halides is 3. The number of hydrogen-bond acceptors (Lipinski definition) is 4. The molecule has 0 saturated carbocycles. The van der Waals surface area contributed by atoms with Crippen molar-refractivity contribution in [3.63, 3.8) is 0 Å². The Hall–Kier alpha value is -2.64. The molecule has 0 saturated heterocycles. The first-order chi connectivity index (χ1) is 13.5. The quantitative estimate of drug-likeness (QED) is 0.225. The van der Waals surface area contributed by atoms with Crippen LogP contribution in [0, 0.1) is 0 Å². The number of hydrogen-bond donors (Lipinski definition) is 0. The molecule has 0 radical (unpaired) electrons. The highest BCUT2D eigenvalue weighted by Gasteiger charge is 2.32. The van der Waals surface area contributed by atoms with E-state index in [1.807, 2.05) is 48.5 Å². The molecule has 0 bridgehead atoms. The minimum absolute atomic E-state index is 0.116. The molecule has 0 aliphatic heterocycles. The predicted molar refractivity (Wildman–Crippen MR) is 110 cm³/mol. The highest BCUT2D eigenvalue weighted by atomic mass is 32.2. The van der Waals surface area contributed by atoms with Crippen molar-refractivity contribution in [1.29, 1.82) is 0 Å². The maximum absolute atomic E-state index is 13.3. The first-order valence-corrected chi connectivity index (χ1v) is 10.0. The molecule has 2 nitrogen and oxygen atoms in total. The Morgan fingerprint density at radius 1 is 0.821 bits per heavy atom. The first-order valence-electron chi connectivity index (χ1n) is 8.41. The molecule has 2 heterocycles. The van der Waals surface area contributed by atoms with Gasteiger partial charge < -0.3 is 0 Å². The van der Waals surface area contributed by atoms with Crippen molar-refractivity contribution < 1.29 is 13.2 Å². The van der Waals surface area contributed by atoms with Crippen molar-refractivity contribution in [2.75, 3.05) is 0 Å². The molecule has 138 valence electrons. The van der Waals surface area contributed by atoms with Gasteiger partial charge in [0.2, 0.25) is 0 Å². The summed E-state index contributed by atoms with van der Waals surface area (Å²) in [7, 11) is 0. The van der Waals surface area contributed by atoms with E-state index in [2.05, 4.69) is 9.97 Å². The average Bonchev–Trinajstić information content (AvgIpc) is 3.10. The third kappa shape index (κ3) is 3.00. The van der Waals surface area contributed by atoms with Crippen LogP contribution >= 0.6 is 23.1 Å². The van der Waals surface area contributed by atoms with E-state index in [0.29, 0.717) is 22.0 Å². The first kappa shape index (κ1) is 17.5. The average molecular weight is 412 g/mol. The smallest absolute Gasteiger partial charge is 0.235 e. The lowest BCUT2D eigenvalue weighted by molar-refractivity contribution is -0.0327. The summed E-state index contributed by atoms with van der Waals surface area (Å²) in [5.41, 5.74) is -3.43. The fraction of sp³-hybridized carbons (Fsp3) is 0.0476. The van der Waals surface area contributed by atoms with Crippen LogP contribution in [0.1, 0.15) is 0 Å². The van der Waals surface area contributed by atoms with Crippen LogP contribution in [0.15, 0.2) is 71.9 Å². The second-order valence-electron chi connectivity index (χ2n) is 6.24. The van der Waals surface area contributed by atoms with Gasteiger partial charge in [-0.15, -0.1) is 11.3 Å². The van der Waals surface area contributed by atoms with Gasteiger partial charge in [0.15, 0.2) is 0 Å². The normalized spacial score (nSPS) is 12.2. The van der Waals surface area contributed by atoms with Gasteiger partial charge in [-0.25, -0.2) is 9.97 Å². The monoisotopic (exact) mass is 412 g/mol. The summed E-state index contributed by atoms with van der Waals surface area (Å²) in [6, 6.07) is 18.9. The van der Waals surface area contributed by atoms with Crippen molar-refractivity contribution >= 4 is 54.9 Å². The lowest BCUT2D eigenvalue weighted by atomic mass is 10.0. The van der Waals surface area contributed by atoms with Gasteiger partial charge in [0.25, 0.3) is 0 Å². The topological polar surface area (TPSA) is 25.8 Å². The molecule has 0 N–H and O–H groups in total. The molecule has 2 aromatic heterocycles. The number of nitrogens with zero attached hydrogens (tertiary/aromatic N) is 2. The predicted octanol–water partition coefficient (Wildman–Crippen LogP) is 7.28. The number of halogens is 3. The fourth-order valence-corrected chi connectivity index (χ4v) is 5.20. The summed E-state index contributed by atoms with van der Waals surface area (Å²) in [6.07, 6.45) is 1.34. The number of thioether (sulfide) groups is 1. The van der Waals surface area contributed by atoms with Crippen molar-refractivity contribution in [2.24, 2.45) is 0 Å². The van der Waals surface area contributed by atoms with Crippen LogP contribution in [0.3, 0.4) is 0 Å². The van der Waals surface area contributed by atoms with Crippen molar-refractivity contribution in [3.8, 4) is 10.6 Å². The van der Waals surface area contributed by atoms with E-state index in [4.69, 9.17) is 0 Å². The Labute approximate surface area is 166 Å². The lowest BCUT2D eigenvalue weighted by Crippen LogP contribution is -2.01. The van der Waals surface area contributed by atoms with Gasteiger partial charge in [-0.2, -0.15) is 13.2 Å². The van der Waals surface area contributed by atoms with E-state index in [-0.39, 0.29) is 16.7 Å². The Morgan fingerprint density at radius 3 is 2.36 bits per heavy atom. The Morgan fingerprint density at radius 2 is 1.57 bits per heavy atom. The maximum atomic E-state index is 13.3. The molecule has 28 heavy (non-hydrogen) atoms. The van der Waals surface area contributed by atoms with Crippen LogP contribution in [0.25, 0.3) is 42.3 Å². The van der Waals surface area contributed by atoms with Crippen molar-refractivity contribution in [3.05, 3.63) is 67.0 Å². The Balaban J connectivity index is 1.84. The van der Waals surface area contributed by atoms with E-state index in [0.717, 1.165) is 20.3 Å². The molecule has 7 heteroatoms. The standard InChI is InChI=1S/C21H11F3N2S2/c22-21(23,24)28-20-14-7-3-1-5-12(14)9-15-18(25-11-26-19(15)20)17-10-13-6-2-4-8-16(13)27-17/h1-11H. The van der Waals surface area contributed by atoms with Gasteiger partial charge in [-0.1, -0.05) is 42.5 Å². The van der Waals surface area contributed by atoms with Crippen LogP contribution in [0.4, 0.5) is 13.2 Å². The van der Waals surface area contributed by atoms with E-state index in [1.165, 1.54) is 6.33 Å². The number of rotatable bonds is 2. The Kier molecular flexibility index (Phi) is 4.03. The van der Waals surface area contributed by atoms with Crippen LogP contribution < -0.4 is 0 Å². The van der Waals surface area contributed by atoms with Crippen molar-refractivity contribution in [2.45, 2.75) is 10.4 Å². The summed E-state index contributed by atoms with van der Waals surface area (Å²) in [6.45, 7) is 0. The second-order valence-corrected chi connectivity index (χ2v) is 8.40. The van der Waals surface area contributed by atoms with Crippen LogP contribution in [-0.4, -0.2) is 15.5 Å². The van der Waals surface area contributed by atoms with Crippen LogP contribution in [0.5, 0.6) is 0 Å². The van der Waals surface area contributed by atoms with Crippen molar-refractivity contribution in [1.82, 2.24) is 9.97 Å². The molecule has 0 aliphatic carbocycles. The van der Waals surface area contributed by atoms with Gasteiger partial charge in [0, 0.05) is 10.1 Å². The number of thiophene rings is 1. The van der Waals surface area contributed by atoms with Gasteiger partial charge in [-0.3, -0.25) is 0 Å². The minimum Gasteiger partial charge on any atom is -0.235 e. The molecule has 0 unspecified atom stereocenters. The number of benzene rings is 3. The third-order valence-electron chi connectivity index (χ3n) is 4.48. The number of fused-ring (bicyclic) bond motifs is 3. The van der Waals surface area contributed by atoms with E-state index in [9.17, 15) is 13.2 Å². The molecule has 0 atom stereocenters. The van der Waals surface area contributed by atoms with Gasteiger partial charge in [-0.05, 0) is 46.1 Å². The minimum atomic E-state index is -4.40. The summed E-state index contributed by atoms with van der Waals surface area (Å²) in [5, 5.41) is 2.98. The van der Waals surface area contributed by atoms with Crippen LogP contribution in [-0.2, 0) is 0 Å². The molecular formula is C21H11F3N2S2.